The Labute approximate surface area is 125 Å². The predicted molar refractivity (Wildman–Crippen MR) is 75.4 cm³/mol. The first-order valence-electron chi connectivity index (χ1n) is 7.74. The molecule has 0 spiro atoms. The molecule has 118 valence electrons. The van der Waals surface area contributed by atoms with Gasteiger partial charge >= 0.3 is 6.16 Å². The Morgan fingerprint density at radius 3 is 2.67 bits per heavy atom. The van der Waals surface area contributed by atoms with E-state index in [1.807, 2.05) is 32.9 Å². The number of cyclic esters (lactones) is 2. The maximum absolute atomic E-state index is 11.3. The molecule has 2 bridgehead atoms. The van der Waals surface area contributed by atoms with Crippen LogP contribution >= 0.6 is 0 Å². The van der Waals surface area contributed by atoms with E-state index in [4.69, 9.17) is 19.2 Å². The van der Waals surface area contributed by atoms with Crippen molar-refractivity contribution in [2.75, 3.05) is 0 Å². The third-order valence-electron chi connectivity index (χ3n) is 5.14. The summed E-state index contributed by atoms with van der Waals surface area (Å²) in [7, 11) is 0. The average Bonchev–Trinajstić information content (AvgIpc) is 2.67. The van der Waals surface area contributed by atoms with Gasteiger partial charge in [-0.15, -0.1) is 0 Å². The van der Waals surface area contributed by atoms with Crippen LogP contribution in [0.15, 0.2) is 12.2 Å². The van der Waals surface area contributed by atoms with Gasteiger partial charge in [-0.05, 0) is 64.0 Å². The summed E-state index contributed by atoms with van der Waals surface area (Å²) in [5, 5.41) is 0. The monoisotopic (exact) mass is 296 g/mol. The predicted octanol–water partition coefficient (Wildman–Crippen LogP) is 3.38. The Kier molecular flexibility index (Phi) is 3.53. The van der Waals surface area contributed by atoms with Crippen molar-refractivity contribution in [1.29, 1.82) is 0 Å². The highest BCUT2D eigenvalue weighted by Gasteiger charge is 2.47. The standard InChI is InChI=1S/C16H24O5/c1-10-5-6-11-9-12(10)20-21-16(11,4)8-7-13-15(2,3)19-14(17)18-13/h7-8,10-13H,5-6,9H2,1-4H3/b8-7+/t10-,11+,12+,13+,16-/m1/s1. The van der Waals surface area contributed by atoms with Gasteiger partial charge < -0.3 is 9.47 Å². The number of hydrogen-bond donors (Lipinski definition) is 0. The number of ether oxygens (including phenoxy) is 2. The quantitative estimate of drug-likeness (QED) is 0.444. The van der Waals surface area contributed by atoms with Crippen LogP contribution in [0.3, 0.4) is 0 Å². The molecule has 5 heteroatoms. The second-order valence-electron chi connectivity index (χ2n) is 7.24. The highest BCUT2D eigenvalue weighted by molar-refractivity contribution is 5.63. The van der Waals surface area contributed by atoms with Crippen molar-refractivity contribution < 1.29 is 24.0 Å². The molecule has 1 aliphatic carbocycles. The minimum atomic E-state index is -0.650. The molecule has 3 fully saturated rings. The fourth-order valence-electron chi connectivity index (χ4n) is 3.42. The van der Waals surface area contributed by atoms with Gasteiger partial charge in [-0.1, -0.05) is 6.92 Å². The van der Waals surface area contributed by atoms with Gasteiger partial charge in [0.25, 0.3) is 0 Å². The fraction of sp³-hybridized carbons (Fsp3) is 0.812. The molecule has 0 aromatic heterocycles. The third-order valence-corrected chi connectivity index (χ3v) is 5.14. The van der Waals surface area contributed by atoms with E-state index >= 15 is 0 Å². The zero-order chi connectivity index (χ0) is 15.3. The first-order chi connectivity index (χ1) is 9.80. The second-order valence-corrected chi connectivity index (χ2v) is 7.24. The number of rotatable bonds is 2. The number of carbonyl (C=O) groups is 1. The van der Waals surface area contributed by atoms with E-state index in [2.05, 4.69) is 6.92 Å². The molecule has 0 N–H and O–H groups in total. The van der Waals surface area contributed by atoms with Crippen molar-refractivity contribution in [3.05, 3.63) is 12.2 Å². The molecule has 0 unspecified atom stereocenters. The van der Waals surface area contributed by atoms with Crippen molar-refractivity contribution in [1.82, 2.24) is 0 Å². The average molecular weight is 296 g/mol. The molecule has 3 rings (SSSR count). The van der Waals surface area contributed by atoms with E-state index in [1.54, 1.807) is 0 Å². The molecule has 3 aliphatic rings. The van der Waals surface area contributed by atoms with Gasteiger partial charge in [-0.3, -0.25) is 0 Å². The Morgan fingerprint density at radius 1 is 1.24 bits per heavy atom. The molecular formula is C16H24O5. The van der Waals surface area contributed by atoms with Gasteiger partial charge in [0.1, 0.15) is 5.60 Å². The smallest absolute Gasteiger partial charge is 0.424 e. The highest BCUT2D eigenvalue weighted by Crippen LogP contribution is 2.44. The van der Waals surface area contributed by atoms with Crippen LogP contribution < -0.4 is 0 Å². The van der Waals surface area contributed by atoms with Crippen LogP contribution in [0.25, 0.3) is 0 Å². The summed E-state index contributed by atoms with van der Waals surface area (Å²) in [5.41, 5.74) is -1.12. The largest absolute Gasteiger partial charge is 0.509 e. The van der Waals surface area contributed by atoms with Gasteiger partial charge in [0, 0.05) is 0 Å². The lowest BCUT2D eigenvalue weighted by Gasteiger charge is -2.46. The van der Waals surface area contributed by atoms with Crippen molar-refractivity contribution in [3.63, 3.8) is 0 Å². The Bertz CT molecular complexity index is 458. The van der Waals surface area contributed by atoms with Crippen molar-refractivity contribution in [3.8, 4) is 0 Å². The molecule has 2 saturated heterocycles. The minimum Gasteiger partial charge on any atom is -0.424 e. The summed E-state index contributed by atoms with van der Waals surface area (Å²) in [4.78, 5) is 22.5. The molecule has 0 radical (unpaired) electrons. The van der Waals surface area contributed by atoms with E-state index in [9.17, 15) is 4.79 Å². The van der Waals surface area contributed by atoms with Crippen LogP contribution in [-0.2, 0) is 19.2 Å². The zero-order valence-electron chi connectivity index (χ0n) is 13.1. The van der Waals surface area contributed by atoms with E-state index in [0.717, 1.165) is 19.3 Å². The lowest BCUT2D eigenvalue weighted by atomic mass is 9.72. The maximum Gasteiger partial charge on any atom is 0.509 e. The normalized spacial score (nSPS) is 45.4. The summed E-state index contributed by atoms with van der Waals surface area (Å²) < 4.78 is 10.3. The summed E-state index contributed by atoms with van der Waals surface area (Å²) in [6.45, 7) is 7.92. The minimum absolute atomic E-state index is 0.203. The molecule has 0 aromatic rings. The lowest BCUT2D eigenvalue weighted by molar-refractivity contribution is -0.421. The molecule has 2 heterocycles. The van der Waals surface area contributed by atoms with Crippen LogP contribution in [-0.4, -0.2) is 29.6 Å². The molecule has 0 amide bonds. The molecule has 21 heavy (non-hydrogen) atoms. The molecule has 2 aliphatic heterocycles. The van der Waals surface area contributed by atoms with Crippen molar-refractivity contribution in [2.24, 2.45) is 11.8 Å². The molecule has 1 saturated carbocycles. The van der Waals surface area contributed by atoms with E-state index in [1.165, 1.54) is 0 Å². The first-order valence-corrected chi connectivity index (χ1v) is 7.74. The van der Waals surface area contributed by atoms with Crippen molar-refractivity contribution in [2.45, 2.75) is 70.4 Å². The SMILES string of the molecule is C[C@@H]1CC[C@H]2C[C@@H]1OO[C@]2(C)/C=C/[C@@H]1OC(=O)OC1(C)C. The van der Waals surface area contributed by atoms with Gasteiger partial charge in [-0.25, -0.2) is 14.6 Å². The first kappa shape index (κ1) is 14.9. The van der Waals surface area contributed by atoms with Crippen LogP contribution in [0.5, 0.6) is 0 Å². The van der Waals surface area contributed by atoms with Gasteiger partial charge in [0.2, 0.25) is 0 Å². The van der Waals surface area contributed by atoms with Crippen LogP contribution in [0.2, 0.25) is 0 Å². The number of hydrogen-bond acceptors (Lipinski definition) is 5. The number of carbonyl (C=O) groups excluding carboxylic acids is 1. The summed E-state index contributed by atoms with van der Waals surface area (Å²) >= 11 is 0. The van der Waals surface area contributed by atoms with Crippen LogP contribution in [0.1, 0.15) is 47.0 Å². The molecule has 5 atom stereocenters. The van der Waals surface area contributed by atoms with Crippen LogP contribution in [0, 0.1) is 11.8 Å². The third kappa shape index (κ3) is 2.69. The maximum atomic E-state index is 11.3. The zero-order valence-corrected chi connectivity index (χ0v) is 13.1. The highest BCUT2D eigenvalue weighted by atomic mass is 17.2. The number of fused-ring (bicyclic) bond motifs is 2. The molecular weight excluding hydrogens is 272 g/mol. The van der Waals surface area contributed by atoms with E-state index in [-0.39, 0.29) is 6.10 Å². The Balaban J connectivity index is 1.72. The molecule has 5 nitrogen and oxygen atoms in total. The van der Waals surface area contributed by atoms with Gasteiger partial charge in [0.05, 0.1) is 6.10 Å². The van der Waals surface area contributed by atoms with Crippen LogP contribution in [0.4, 0.5) is 4.79 Å². The summed E-state index contributed by atoms with van der Waals surface area (Å²) in [5.74, 6) is 0.989. The Hall–Kier alpha value is -1.07. The van der Waals surface area contributed by atoms with E-state index < -0.39 is 23.5 Å². The fourth-order valence-corrected chi connectivity index (χ4v) is 3.42. The van der Waals surface area contributed by atoms with Gasteiger partial charge in [-0.2, -0.15) is 0 Å². The van der Waals surface area contributed by atoms with Crippen molar-refractivity contribution >= 4 is 6.16 Å². The topological polar surface area (TPSA) is 54.0 Å². The van der Waals surface area contributed by atoms with E-state index in [0.29, 0.717) is 11.8 Å². The second kappa shape index (κ2) is 4.99. The Morgan fingerprint density at radius 2 is 2.00 bits per heavy atom. The lowest BCUT2D eigenvalue weighted by Crippen LogP contribution is -2.49. The molecule has 0 aromatic carbocycles. The van der Waals surface area contributed by atoms with Gasteiger partial charge in [0.15, 0.2) is 11.7 Å². The summed E-state index contributed by atoms with van der Waals surface area (Å²) in [6.07, 6.45) is 6.34. The summed E-state index contributed by atoms with van der Waals surface area (Å²) in [6, 6.07) is 0.